The van der Waals surface area contributed by atoms with Crippen LogP contribution in [0.1, 0.15) is 19.3 Å². The minimum atomic E-state index is -1.43. The average Bonchev–Trinajstić information content (AvgIpc) is 2.69. The zero-order valence-corrected chi connectivity index (χ0v) is 15.1. The molecule has 1 fully saturated rings. The third kappa shape index (κ3) is 3.16. The van der Waals surface area contributed by atoms with Crippen LogP contribution in [0.5, 0.6) is 0 Å². The second-order valence-corrected chi connectivity index (χ2v) is 5.66. The summed E-state index contributed by atoms with van der Waals surface area (Å²) in [5.41, 5.74) is 0.0213. The normalized spacial score (nSPS) is 19.5. The molecule has 1 unspecified atom stereocenters. The quantitative estimate of drug-likeness (QED) is 0.512. The number of carbonyl (C=O) groups is 4. The van der Waals surface area contributed by atoms with Crippen molar-refractivity contribution in [2.24, 2.45) is 5.92 Å². The monoisotopic (exact) mass is 367 g/mol. The van der Waals surface area contributed by atoms with Crippen LogP contribution in [0.15, 0.2) is 22.5 Å². The molecule has 2 heterocycles. The van der Waals surface area contributed by atoms with Gasteiger partial charge >= 0.3 is 23.9 Å². The molecular weight excluding hydrogens is 346 g/mol. The van der Waals surface area contributed by atoms with Gasteiger partial charge in [0.05, 0.1) is 39.6 Å². The fraction of sp³-hybridized carbons (Fsp3) is 0.529. The van der Waals surface area contributed by atoms with E-state index >= 15 is 0 Å². The summed E-state index contributed by atoms with van der Waals surface area (Å²) in [5, 5.41) is 0. The first kappa shape index (κ1) is 19.5. The summed E-state index contributed by atoms with van der Waals surface area (Å²) in [6.45, 7) is 0.384. The molecule has 0 amide bonds. The fourth-order valence-corrected chi connectivity index (χ4v) is 3.29. The van der Waals surface area contributed by atoms with E-state index in [9.17, 15) is 19.2 Å². The van der Waals surface area contributed by atoms with E-state index in [1.807, 2.05) is 0 Å². The molecule has 26 heavy (non-hydrogen) atoms. The second kappa shape index (κ2) is 8.03. The molecule has 0 aromatic rings. The SMILES string of the molecule is COC(=O)C1=C2CCCCN2C(C(=O)OC)=C(C(=O)OC)C1C(=O)OC. The molecule has 0 spiro atoms. The van der Waals surface area contributed by atoms with E-state index in [-0.39, 0.29) is 16.8 Å². The van der Waals surface area contributed by atoms with Crippen molar-refractivity contribution in [1.82, 2.24) is 4.90 Å². The van der Waals surface area contributed by atoms with E-state index in [1.165, 1.54) is 19.1 Å². The van der Waals surface area contributed by atoms with Crippen molar-refractivity contribution in [2.45, 2.75) is 19.3 Å². The van der Waals surface area contributed by atoms with Crippen molar-refractivity contribution in [3.8, 4) is 0 Å². The molecule has 2 aliphatic rings. The van der Waals surface area contributed by atoms with Crippen LogP contribution in [-0.2, 0) is 38.1 Å². The van der Waals surface area contributed by atoms with Gasteiger partial charge in [-0.3, -0.25) is 4.79 Å². The molecule has 9 heteroatoms. The number of hydrogen-bond donors (Lipinski definition) is 0. The fourth-order valence-electron chi connectivity index (χ4n) is 3.29. The lowest BCUT2D eigenvalue weighted by Crippen LogP contribution is -2.44. The zero-order chi connectivity index (χ0) is 19.4. The Bertz CT molecular complexity index is 706. The van der Waals surface area contributed by atoms with Crippen LogP contribution in [0.25, 0.3) is 0 Å². The van der Waals surface area contributed by atoms with Gasteiger partial charge < -0.3 is 23.8 Å². The summed E-state index contributed by atoms with van der Waals surface area (Å²) in [6.07, 6.45) is 1.92. The summed E-state index contributed by atoms with van der Waals surface area (Å²) >= 11 is 0. The van der Waals surface area contributed by atoms with Gasteiger partial charge in [0.2, 0.25) is 0 Å². The molecule has 0 aromatic carbocycles. The van der Waals surface area contributed by atoms with Gasteiger partial charge in [-0.05, 0) is 19.3 Å². The Morgan fingerprint density at radius 3 is 1.92 bits per heavy atom. The number of nitrogens with zero attached hydrogens (tertiary/aromatic N) is 1. The number of esters is 4. The molecule has 1 saturated heterocycles. The highest BCUT2D eigenvalue weighted by atomic mass is 16.5. The molecule has 0 bridgehead atoms. The van der Waals surface area contributed by atoms with Gasteiger partial charge in [-0.2, -0.15) is 0 Å². The summed E-state index contributed by atoms with van der Waals surface area (Å²) in [7, 11) is 4.59. The molecule has 2 aliphatic heterocycles. The smallest absolute Gasteiger partial charge is 0.355 e. The Morgan fingerprint density at radius 1 is 0.808 bits per heavy atom. The molecule has 0 N–H and O–H groups in total. The van der Waals surface area contributed by atoms with Crippen LogP contribution in [0, 0.1) is 5.92 Å². The van der Waals surface area contributed by atoms with Crippen LogP contribution in [0.3, 0.4) is 0 Å². The zero-order valence-electron chi connectivity index (χ0n) is 15.1. The van der Waals surface area contributed by atoms with Gasteiger partial charge in [-0.15, -0.1) is 0 Å². The highest BCUT2D eigenvalue weighted by Crippen LogP contribution is 2.41. The Morgan fingerprint density at radius 2 is 1.38 bits per heavy atom. The van der Waals surface area contributed by atoms with E-state index in [1.54, 1.807) is 0 Å². The van der Waals surface area contributed by atoms with E-state index in [0.29, 0.717) is 18.7 Å². The van der Waals surface area contributed by atoms with Crippen LogP contribution in [0.4, 0.5) is 0 Å². The summed E-state index contributed by atoms with van der Waals surface area (Å²) in [6, 6.07) is 0. The number of piperidine rings is 1. The average molecular weight is 367 g/mol. The van der Waals surface area contributed by atoms with E-state index < -0.39 is 29.8 Å². The standard InChI is InChI=1S/C17H21NO8/c1-23-14(19)10-9-7-5-6-8-18(9)13(17(22)26-4)12(16(21)25-3)11(10)15(20)24-2/h11H,5-8H2,1-4H3. The number of hydrogen-bond acceptors (Lipinski definition) is 9. The van der Waals surface area contributed by atoms with E-state index in [0.717, 1.165) is 27.1 Å². The van der Waals surface area contributed by atoms with Crippen molar-refractivity contribution in [1.29, 1.82) is 0 Å². The van der Waals surface area contributed by atoms with Gasteiger partial charge in [0.25, 0.3) is 0 Å². The number of fused-ring (bicyclic) bond motifs is 1. The number of carbonyl (C=O) groups excluding carboxylic acids is 4. The Balaban J connectivity index is 2.83. The molecule has 1 atom stereocenters. The number of methoxy groups -OCH3 is 4. The summed E-state index contributed by atoms with van der Waals surface area (Å²) in [4.78, 5) is 51.4. The highest BCUT2D eigenvalue weighted by Gasteiger charge is 2.48. The van der Waals surface area contributed by atoms with E-state index in [2.05, 4.69) is 0 Å². The lowest BCUT2D eigenvalue weighted by molar-refractivity contribution is -0.150. The lowest BCUT2D eigenvalue weighted by atomic mass is 9.81. The number of rotatable bonds is 4. The van der Waals surface area contributed by atoms with Gasteiger partial charge in [-0.1, -0.05) is 0 Å². The maximum atomic E-state index is 12.5. The first-order valence-corrected chi connectivity index (χ1v) is 8.00. The minimum absolute atomic E-state index is 0.0212. The number of allylic oxidation sites excluding steroid dienone is 1. The summed E-state index contributed by atoms with van der Waals surface area (Å²) < 4.78 is 19.2. The van der Waals surface area contributed by atoms with Crippen molar-refractivity contribution in [2.75, 3.05) is 35.0 Å². The van der Waals surface area contributed by atoms with Crippen molar-refractivity contribution in [3.63, 3.8) is 0 Å². The first-order valence-electron chi connectivity index (χ1n) is 8.00. The number of ether oxygens (including phenoxy) is 4. The second-order valence-electron chi connectivity index (χ2n) is 5.66. The third-order valence-corrected chi connectivity index (χ3v) is 4.41. The van der Waals surface area contributed by atoms with Crippen molar-refractivity contribution >= 4 is 23.9 Å². The Hall–Kier alpha value is -2.84. The van der Waals surface area contributed by atoms with Crippen LogP contribution in [-0.4, -0.2) is 63.8 Å². The maximum absolute atomic E-state index is 12.5. The molecule has 2 rings (SSSR count). The molecule has 0 radical (unpaired) electrons. The first-order chi connectivity index (χ1) is 12.4. The molecule has 142 valence electrons. The van der Waals surface area contributed by atoms with Crippen molar-refractivity contribution < 1.29 is 38.1 Å². The van der Waals surface area contributed by atoms with Gasteiger partial charge in [0, 0.05) is 12.2 Å². The Labute approximate surface area is 150 Å². The van der Waals surface area contributed by atoms with Crippen LogP contribution < -0.4 is 0 Å². The van der Waals surface area contributed by atoms with E-state index in [4.69, 9.17) is 18.9 Å². The third-order valence-electron chi connectivity index (χ3n) is 4.41. The van der Waals surface area contributed by atoms with Gasteiger partial charge in [0.1, 0.15) is 11.6 Å². The minimum Gasteiger partial charge on any atom is -0.468 e. The molecule has 0 saturated carbocycles. The van der Waals surface area contributed by atoms with Crippen molar-refractivity contribution in [3.05, 3.63) is 22.5 Å². The molecule has 0 aliphatic carbocycles. The van der Waals surface area contributed by atoms with Gasteiger partial charge in [0.15, 0.2) is 0 Å². The summed E-state index contributed by atoms with van der Waals surface area (Å²) in [5.74, 6) is -4.80. The highest BCUT2D eigenvalue weighted by molar-refractivity contribution is 6.10. The van der Waals surface area contributed by atoms with Crippen LogP contribution >= 0.6 is 0 Å². The lowest BCUT2D eigenvalue weighted by Gasteiger charge is -2.40. The molecular formula is C17H21NO8. The molecule has 0 aromatic heterocycles. The Kier molecular flexibility index (Phi) is 6.01. The largest absolute Gasteiger partial charge is 0.468 e. The topological polar surface area (TPSA) is 108 Å². The van der Waals surface area contributed by atoms with Gasteiger partial charge in [-0.25, -0.2) is 14.4 Å². The van der Waals surface area contributed by atoms with Crippen LogP contribution in [0.2, 0.25) is 0 Å². The predicted octanol–water partition coefficient (Wildman–Crippen LogP) is 0.302. The predicted molar refractivity (Wildman–Crippen MR) is 86.2 cm³/mol. The maximum Gasteiger partial charge on any atom is 0.355 e. The molecule has 9 nitrogen and oxygen atoms in total.